The minimum atomic E-state index is -0.162. The van der Waals surface area contributed by atoms with E-state index in [0.29, 0.717) is 5.92 Å². The predicted octanol–water partition coefficient (Wildman–Crippen LogP) is 5.16. The second kappa shape index (κ2) is 11.9. The van der Waals surface area contributed by atoms with Crippen LogP contribution in [0.15, 0.2) is 30.3 Å². The molecule has 146 valence electrons. The first kappa shape index (κ1) is 20.8. The lowest BCUT2D eigenvalue weighted by atomic mass is 9.88. The molecule has 1 fully saturated rings. The van der Waals surface area contributed by atoms with Gasteiger partial charge in [0.25, 0.3) is 0 Å². The Morgan fingerprint density at radius 1 is 1.08 bits per heavy atom. The predicted molar refractivity (Wildman–Crippen MR) is 107 cm³/mol. The lowest BCUT2D eigenvalue weighted by Crippen LogP contribution is -2.47. The summed E-state index contributed by atoms with van der Waals surface area (Å²) in [7, 11) is 0. The zero-order chi connectivity index (χ0) is 18.6. The van der Waals surface area contributed by atoms with Gasteiger partial charge in [-0.05, 0) is 18.4 Å². The molecule has 0 saturated carbocycles. The monoisotopic (exact) mass is 360 g/mol. The van der Waals surface area contributed by atoms with Gasteiger partial charge in [-0.15, -0.1) is 0 Å². The maximum atomic E-state index is 12.7. The van der Waals surface area contributed by atoms with Crippen LogP contribution in [0.1, 0.15) is 70.5 Å². The Bertz CT molecular complexity index is 500. The van der Waals surface area contributed by atoms with Crippen molar-refractivity contribution in [1.82, 2.24) is 10.2 Å². The first-order chi connectivity index (χ1) is 12.8. The molecule has 1 aromatic rings. The molecule has 1 heterocycles. The minimum Gasteiger partial charge on any atom is -0.441 e. The van der Waals surface area contributed by atoms with Gasteiger partial charge in [0.05, 0.1) is 0 Å². The lowest BCUT2D eigenvalue weighted by Gasteiger charge is -2.32. The van der Waals surface area contributed by atoms with Gasteiger partial charge in [0.2, 0.25) is 0 Å². The third kappa shape index (κ3) is 6.64. The molecule has 2 atom stereocenters. The number of carbonyl (C=O) groups is 1. The van der Waals surface area contributed by atoms with Crippen molar-refractivity contribution in [2.24, 2.45) is 5.92 Å². The Balaban J connectivity index is 2.00. The normalized spacial score (nSPS) is 16.9. The summed E-state index contributed by atoms with van der Waals surface area (Å²) >= 11 is 0. The van der Waals surface area contributed by atoms with E-state index in [4.69, 9.17) is 4.74 Å². The second-order valence-corrected chi connectivity index (χ2v) is 7.32. The molecule has 26 heavy (non-hydrogen) atoms. The van der Waals surface area contributed by atoms with Crippen molar-refractivity contribution in [3.05, 3.63) is 35.9 Å². The van der Waals surface area contributed by atoms with Crippen molar-refractivity contribution in [1.29, 1.82) is 0 Å². The summed E-state index contributed by atoms with van der Waals surface area (Å²) in [6.07, 6.45) is 8.23. The quantitative estimate of drug-likeness (QED) is 0.586. The first-order valence-corrected chi connectivity index (χ1v) is 10.5. The Morgan fingerprint density at radius 3 is 2.42 bits per heavy atom. The van der Waals surface area contributed by atoms with E-state index in [1.165, 1.54) is 32.1 Å². The number of unbranched alkanes of at least 4 members (excludes halogenated alkanes) is 4. The van der Waals surface area contributed by atoms with Crippen LogP contribution in [0, 0.1) is 5.92 Å². The van der Waals surface area contributed by atoms with Crippen LogP contribution in [-0.2, 0) is 4.74 Å². The fraction of sp³-hybridized carbons (Fsp3) is 0.682. The van der Waals surface area contributed by atoms with Crippen LogP contribution in [0.4, 0.5) is 4.79 Å². The number of hydrogen-bond donors (Lipinski definition) is 1. The van der Waals surface area contributed by atoms with Gasteiger partial charge in [0.1, 0.15) is 6.10 Å². The van der Waals surface area contributed by atoms with Crippen LogP contribution >= 0.6 is 0 Å². The Hall–Kier alpha value is -1.55. The van der Waals surface area contributed by atoms with Crippen molar-refractivity contribution < 1.29 is 9.53 Å². The van der Waals surface area contributed by atoms with E-state index in [2.05, 4.69) is 31.3 Å². The van der Waals surface area contributed by atoms with Gasteiger partial charge in [0, 0.05) is 32.1 Å². The molecule has 0 aliphatic carbocycles. The van der Waals surface area contributed by atoms with Crippen LogP contribution in [0.2, 0.25) is 0 Å². The van der Waals surface area contributed by atoms with Crippen molar-refractivity contribution in [2.45, 2.75) is 64.9 Å². The van der Waals surface area contributed by atoms with Crippen LogP contribution in [0.25, 0.3) is 0 Å². The molecular weight excluding hydrogens is 324 g/mol. The Labute approximate surface area is 159 Å². The molecule has 0 bridgehead atoms. The molecule has 1 aromatic carbocycles. The van der Waals surface area contributed by atoms with Crippen molar-refractivity contribution >= 4 is 6.09 Å². The fourth-order valence-corrected chi connectivity index (χ4v) is 3.69. The van der Waals surface area contributed by atoms with Gasteiger partial charge in [0.15, 0.2) is 0 Å². The third-order valence-corrected chi connectivity index (χ3v) is 5.36. The zero-order valence-electron chi connectivity index (χ0n) is 16.6. The number of amides is 1. The lowest BCUT2D eigenvalue weighted by molar-refractivity contribution is 0.0270. The molecule has 1 saturated heterocycles. The molecule has 2 unspecified atom stereocenters. The topological polar surface area (TPSA) is 41.6 Å². The van der Waals surface area contributed by atoms with E-state index >= 15 is 0 Å². The van der Waals surface area contributed by atoms with E-state index in [-0.39, 0.29) is 12.2 Å². The highest BCUT2D eigenvalue weighted by atomic mass is 16.6. The van der Waals surface area contributed by atoms with Gasteiger partial charge < -0.3 is 15.0 Å². The van der Waals surface area contributed by atoms with E-state index in [9.17, 15) is 4.79 Å². The van der Waals surface area contributed by atoms with E-state index in [0.717, 1.165) is 44.6 Å². The van der Waals surface area contributed by atoms with Gasteiger partial charge in [-0.1, -0.05) is 76.3 Å². The average Bonchev–Trinajstić information content (AvgIpc) is 2.70. The Morgan fingerprint density at radius 2 is 1.77 bits per heavy atom. The van der Waals surface area contributed by atoms with Crippen molar-refractivity contribution in [3.8, 4) is 0 Å². The second-order valence-electron chi connectivity index (χ2n) is 7.32. The van der Waals surface area contributed by atoms with Gasteiger partial charge in [-0.25, -0.2) is 4.79 Å². The molecule has 1 amide bonds. The van der Waals surface area contributed by atoms with E-state index in [1.807, 2.05) is 23.1 Å². The SMILES string of the molecule is CCCCCCCC(CC)C(OC(=O)N1CCNCC1)c1ccccc1. The van der Waals surface area contributed by atoms with Gasteiger partial charge in [-0.2, -0.15) is 0 Å². The van der Waals surface area contributed by atoms with E-state index < -0.39 is 0 Å². The zero-order valence-corrected chi connectivity index (χ0v) is 16.6. The van der Waals surface area contributed by atoms with Crippen molar-refractivity contribution in [2.75, 3.05) is 26.2 Å². The minimum absolute atomic E-state index is 0.144. The maximum Gasteiger partial charge on any atom is 0.410 e. The summed E-state index contributed by atoms with van der Waals surface area (Å²) in [6.45, 7) is 7.61. The standard InChI is InChI=1S/C22H36N2O2/c1-3-5-6-7-9-12-19(4-2)21(20-13-10-8-11-14-20)26-22(25)24-17-15-23-16-18-24/h8,10-11,13-14,19,21,23H,3-7,9,12,15-18H2,1-2H3. The maximum absolute atomic E-state index is 12.7. The highest BCUT2D eigenvalue weighted by Gasteiger charge is 2.28. The summed E-state index contributed by atoms with van der Waals surface area (Å²) in [4.78, 5) is 14.5. The highest BCUT2D eigenvalue weighted by molar-refractivity contribution is 5.68. The number of hydrogen-bond acceptors (Lipinski definition) is 3. The fourth-order valence-electron chi connectivity index (χ4n) is 3.69. The number of nitrogens with one attached hydrogen (secondary N) is 1. The molecule has 1 aliphatic heterocycles. The highest BCUT2D eigenvalue weighted by Crippen LogP contribution is 2.33. The number of nitrogens with zero attached hydrogens (tertiary/aromatic N) is 1. The smallest absolute Gasteiger partial charge is 0.410 e. The molecule has 2 rings (SSSR count). The van der Waals surface area contributed by atoms with Crippen LogP contribution < -0.4 is 5.32 Å². The molecule has 0 radical (unpaired) electrons. The largest absolute Gasteiger partial charge is 0.441 e. The molecule has 4 nitrogen and oxygen atoms in total. The average molecular weight is 361 g/mol. The van der Waals surface area contributed by atoms with Gasteiger partial charge in [-0.3, -0.25) is 0 Å². The number of rotatable bonds is 10. The van der Waals surface area contributed by atoms with Crippen LogP contribution in [0.5, 0.6) is 0 Å². The molecular formula is C22H36N2O2. The van der Waals surface area contributed by atoms with Crippen LogP contribution in [0.3, 0.4) is 0 Å². The molecule has 0 spiro atoms. The summed E-state index contributed by atoms with van der Waals surface area (Å²) in [5, 5.41) is 3.28. The van der Waals surface area contributed by atoms with E-state index in [1.54, 1.807) is 0 Å². The van der Waals surface area contributed by atoms with Gasteiger partial charge >= 0.3 is 6.09 Å². The summed E-state index contributed by atoms with van der Waals surface area (Å²) in [6, 6.07) is 10.3. The Kier molecular flexibility index (Phi) is 9.54. The molecule has 4 heteroatoms. The number of ether oxygens (including phenoxy) is 1. The number of carbonyl (C=O) groups excluding carboxylic acids is 1. The molecule has 1 aliphatic rings. The van der Waals surface area contributed by atoms with Crippen LogP contribution in [-0.4, -0.2) is 37.2 Å². The third-order valence-electron chi connectivity index (χ3n) is 5.36. The summed E-state index contributed by atoms with van der Waals surface area (Å²) < 4.78 is 6.07. The number of benzene rings is 1. The summed E-state index contributed by atoms with van der Waals surface area (Å²) in [5.74, 6) is 0.380. The number of piperazine rings is 1. The van der Waals surface area contributed by atoms with Crippen molar-refractivity contribution in [3.63, 3.8) is 0 Å². The summed E-state index contributed by atoms with van der Waals surface area (Å²) in [5.41, 5.74) is 1.12. The molecule has 1 N–H and O–H groups in total. The first-order valence-electron chi connectivity index (χ1n) is 10.5. The molecule has 0 aromatic heterocycles.